The molecule has 11 rings (SSSR count). The zero-order chi connectivity index (χ0) is 37.7. The molecule has 0 unspecified atom stereocenters. The summed E-state index contributed by atoms with van der Waals surface area (Å²) < 4.78 is 6.64. The Kier molecular flexibility index (Phi) is 7.82. The van der Waals surface area contributed by atoms with Crippen molar-refractivity contribution >= 4 is 43.4 Å². The lowest BCUT2D eigenvalue weighted by molar-refractivity contribution is 0.620. The van der Waals surface area contributed by atoms with Gasteiger partial charge in [0.25, 0.3) is 0 Å². The van der Waals surface area contributed by atoms with E-state index in [9.17, 15) is 0 Å². The molecular weight excluding hydrogens is 693 g/mol. The first-order chi connectivity index (χ1) is 28.2. The fraction of sp³-hybridized carbons (Fsp3) is 0. The summed E-state index contributed by atoms with van der Waals surface area (Å²) in [5.41, 5.74) is 13.7. The number of hydrogen-bond acceptors (Lipinski definition) is 3. The van der Waals surface area contributed by atoms with Crippen LogP contribution in [0.5, 0.6) is 0 Å². The normalized spacial score (nSPS) is 11.5. The molecule has 0 saturated carbocycles. The van der Waals surface area contributed by atoms with Gasteiger partial charge in [0.1, 0.15) is 5.52 Å². The van der Waals surface area contributed by atoms with Crippen LogP contribution < -0.4 is 0 Å². The number of pyridine rings is 1. The molecule has 0 amide bonds. The van der Waals surface area contributed by atoms with Gasteiger partial charge in [0.2, 0.25) is 5.89 Å². The maximum absolute atomic E-state index is 6.64. The van der Waals surface area contributed by atoms with Crippen LogP contribution in [-0.4, -0.2) is 9.97 Å². The third-order valence-corrected chi connectivity index (χ3v) is 11.2. The van der Waals surface area contributed by atoms with Gasteiger partial charge in [0.05, 0.1) is 0 Å². The molecule has 0 spiro atoms. The molecule has 0 atom stereocenters. The molecule has 11 aromatic rings. The first-order valence-electron chi connectivity index (χ1n) is 19.3. The standard InChI is InChI=1S/C54H34N2O/c1-2-9-42-30-43(28-21-35(42)8-1)36-19-26-41(27-20-36)54-56-53-51(40-24-15-37(16-25-40)45-11-7-29-55-34-45)32-46(33-52(53)57-54)38-17-22-39(23-18-38)50-31-44-10-3-4-12-47(44)48-13-5-6-14-49(48)50/h1-34H. The second-order valence-electron chi connectivity index (χ2n) is 14.6. The molecular formula is C54H34N2O. The lowest BCUT2D eigenvalue weighted by Crippen LogP contribution is -1.87. The Labute approximate surface area is 330 Å². The Hall–Kier alpha value is -7.62. The fourth-order valence-corrected chi connectivity index (χ4v) is 8.22. The van der Waals surface area contributed by atoms with Crippen molar-refractivity contribution in [2.75, 3.05) is 0 Å². The Morgan fingerprint density at radius 3 is 1.65 bits per heavy atom. The molecule has 0 radical (unpaired) electrons. The van der Waals surface area contributed by atoms with Gasteiger partial charge < -0.3 is 4.42 Å². The lowest BCUT2D eigenvalue weighted by Gasteiger charge is -2.12. The van der Waals surface area contributed by atoms with Crippen molar-refractivity contribution in [2.24, 2.45) is 0 Å². The first kappa shape index (κ1) is 32.8. The minimum atomic E-state index is 0.596. The third-order valence-electron chi connectivity index (χ3n) is 11.2. The molecule has 0 N–H and O–H groups in total. The SMILES string of the molecule is c1cncc(-c2ccc(-c3cc(-c4ccc(-c5cc6ccccc6c6ccccc56)cc4)cc4oc(-c5ccc(-c6ccc7ccccc7c6)cc5)nc34)cc2)c1. The zero-order valence-corrected chi connectivity index (χ0v) is 30.9. The second-order valence-corrected chi connectivity index (χ2v) is 14.6. The molecule has 3 heteroatoms. The average molecular weight is 727 g/mol. The summed E-state index contributed by atoms with van der Waals surface area (Å²) in [7, 11) is 0. The van der Waals surface area contributed by atoms with Gasteiger partial charge >= 0.3 is 0 Å². The predicted octanol–water partition coefficient (Wildman–Crippen LogP) is 14.7. The highest BCUT2D eigenvalue weighted by molar-refractivity contribution is 6.13. The maximum Gasteiger partial charge on any atom is 0.227 e. The van der Waals surface area contributed by atoms with Gasteiger partial charge in [-0.2, -0.15) is 0 Å². The molecule has 3 nitrogen and oxygen atoms in total. The molecule has 0 fully saturated rings. The first-order valence-corrected chi connectivity index (χ1v) is 19.3. The Morgan fingerprint density at radius 2 is 0.912 bits per heavy atom. The van der Waals surface area contributed by atoms with E-state index in [1.807, 2.05) is 12.3 Å². The van der Waals surface area contributed by atoms with Crippen molar-refractivity contribution in [1.29, 1.82) is 0 Å². The van der Waals surface area contributed by atoms with Crippen molar-refractivity contribution in [1.82, 2.24) is 9.97 Å². The van der Waals surface area contributed by atoms with Gasteiger partial charge in [-0.1, -0.05) is 152 Å². The maximum atomic E-state index is 6.64. The van der Waals surface area contributed by atoms with E-state index in [2.05, 4.69) is 193 Å². The van der Waals surface area contributed by atoms with Crippen LogP contribution in [0.1, 0.15) is 0 Å². The number of nitrogens with zero attached hydrogens (tertiary/aromatic N) is 2. The van der Waals surface area contributed by atoms with Crippen molar-refractivity contribution < 1.29 is 4.42 Å². The van der Waals surface area contributed by atoms with E-state index in [0.29, 0.717) is 5.89 Å². The van der Waals surface area contributed by atoms with Gasteiger partial charge in [-0.05, 0) is 125 Å². The monoisotopic (exact) mass is 726 g/mol. The van der Waals surface area contributed by atoms with Gasteiger partial charge in [0.15, 0.2) is 5.58 Å². The molecule has 57 heavy (non-hydrogen) atoms. The van der Waals surface area contributed by atoms with Crippen molar-refractivity contribution in [3.05, 3.63) is 207 Å². The lowest BCUT2D eigenvalue weighted by atomic mass is 9.92. The van der Waals surface area contributed by atoms with Crippen LogP contribution in [0.15, 0.2) is 211 Å². The summed E-state index contributed by atoms with van der Waals surface area (Å²) in [5, 5.41) is 7.50. The predicted molar refractivity (Wildman–Crippen MR) is 237 cm³/mol. The molecule has 0 aliphatic heterocycles. The fourth-order valence-electron chi connectivity index (χ4n) is 8.22. The summed E-state index contributed by atoms with van der Waals surface area (Å²) in [6.45, 7) is 0. The number of hydrogen-bond donors (Lipinski definition) is 0. The van der Waals surface area contributed by atoms with Crippen LogP contribution in [-0.2, 0) is 0 Å². The Morgan fingerprint density at radius 1 is 0.333 bits per heavy atom. The number of benzene rings is 9. The van der Waals surface area contributed by atoms with Crippen LogP contribution in [0.25, 0.3) is 111 Å². The zero-order valence-electron chi connectivity index (χ0n) is 30.9. The van der Waals surface area contributed by atoms with Crippen LogP contribution in [0, 0.1) is 0 Å². The topological polar surface area (TPSA) is 38.9 Å². The molecule has 0 bridgehead atoms. The second kappa shape index (κ2) is 13.6. The summed E-state index contributed by atoms with van der Waals surface area (Å²) in [6, 6.07) is 69.2. The van der Waals surface area contributed by atoms with E-state index in [1.54, 1.807) is 6.20 Å². The molecule has 2 heterocycles. The van der Waals surface area contributed by atoms with E-state index < -0.39 is 0 Å². The third kappa shape index (κ3) is 5.94. The van der Waals surface area contributed by atoms with Crippen LogP contribution in [0.4, 0.5) is 0 Å². The van der Waals surface area contributed by atoms with E-state index in [1.165, 1.54) is 49.0 Å². The Bertz CT molecular complexity index is 3250. The smallest absolute Gasteiger partial charge is 0.227 e. The molecule has 9 aromatic carbocycles. The van der Waals surface area contributed by atoms with E-state index in [4.69, 9.17) is 9.40 Å². The van der Waals surface area contributed by atoms with Crippen LogP contribution in [0.2, 0.25) is 0 Å². The summed E-state index contributed by atoms with van der Waals surface area (Å²) in [6.07, 6.45) is 3.70. The highest BCUT2D eigenvalue weighted by atomic mass is 16.3. The van der Waals surface area contributed by atoms with Gasteiger partial charge in [-0.3, -0.25) is 4.98 Å². The molecule has 0 aliphatic carbocycles. The number of oxazole rings is 1. The highest BCUT2D eigenvalue weighted by Crippen LogP contribution is 2.40. The van der Waals surface area contributed by atoms with E-state index >= 15 is 0 Å². The van der Waals surface area contributed by atoms with Crippen molar-refractivity contribution in [2.45, 2.75) is 0 Å². The molecule has 2 aromatic heterocycles. The largest absolute Gasteiger partial charge is 0.436 e. The summed E-state index contributed by atoms with van der Waals surface area (Å²) in [5.74, 6) is 0.596. The average Bonchev–Trinajstić information content (AvgIpc) is 3.73. The minimum Gasteiger partial charge on any atom is -0.436 e. The quantitative estimate of drug-likeness (QED) is 0.160. The van der Waals surface area contributed by atoms with Crippen molar-refractivity contribution in [3.63, 3.8) is 0 Å². The molecule has 0 saturated heterocycles. The van der Waals surface area contributed by atoms with E-state index in [0.717, 1.165) is 55.6 Å². The highest BCUT2D eigenvalue weighted by Gasteiger charge is 2.17. The van der Waals surface area contributed by atoms with E-state index in [-0.39, 0.29) is 0 Å². The van der Waals surface area contributed by atoms with Gasteiger partial charge in [0, 0.05) is 23.5 Å². The molecule has 266 valence electrons. The molecule has 0 aliphatic rings. The number of fused-ring (bicyclic) bond motifs is 5. The van der Waals surface area contributed by atoms with Crippen LogP contribution >= 0.6 is 0 Å². The van der Waals surface area contributed by atoms with Crippen LogP contribution in [0.3, 0.4) is 0 Å². The number of aromatic nitrogens is 2. The minimum absolute atomic E-state index is 0.596. The summed E-state index contributed by atoms with van der Waals surface area (Å²) in [4.78, 5) is 9.47. The van der Waals surface area contributed by atoms with Crippen molar-refractivity contribution in [3.8, 4) is 67.1 Å². The summed E-state index contributed by atoms with van der Waals surface area (Å²) >= 11 is 0. The van der Waals surface area contributed by atoms with Gasteiger partial charge in [-0.25, -0.2) is 4.98 Å². The number of rotatable bonds is 6. The Balaban J connectivity index is 0.997. The van der Waals surface area contributed by atoms with Gasteiger partial charge in [-0.15, -0.1) is 0 Å².